The van der Waals surface area contributed by atoms with Gasteiger partial charge >= 0.3 is 0 Å². The Balaban J connectivity index is 1.97. The molecule has 6 heteroatoms. The second-order valence-electron chi connectivity index (χ2n) is 4.47. The van der Waals surface area contributed by atoms with Crippen LogP contribution in [0.25, 0.3) is 0 Å². The zero-order chi connectivity index (χ0) is 14.4. The van der Waals surface area contributed by atoms with Crippen LogP contribution in [0, 0.1) is 5.82 Å². The average molecular weight is 297 g/mol. The molecular formula is C14H20FN3OS. The Hall–Kier alpha value is -1.43. The fraction of sp³-hybridized carbons (Fsp3) is 0.500. The summed E-state index contributed by atoms with van der Waals surface area (Å²) in [4.78, 5) is 6.41. The molecule has 0 aliphatic carbocycles. The Kier molecular flexibility index (Phi) is 5.52. The van der Waals surface area contributed by atoms with Gasteiger partial charge in [-0.3, -0.25) is 0 Å². The number of benzene rings is 1. The Labute approximate surface area is 123 Å². The Morgan fingerprint density at radius 2 is 2.20 bits per heavy atom. The van der Waals surface area contributed by atoms with Crippen molar-refractivity contribution in [3.8, 4) is 5.75 Å². The number of rotatable bonds is 4. The Bertz CT molecular complexity index is 475. The number of nitrogens with zero attached hydrogens (tertiary/aromatic N) is 2. The predicted molar refractivity (Wildman–Crippen MR) is 81.8 cm³/mol. The summed E-state index contributed by atoms with van der Waals surface area (Å²) < 4.78 is 18.9. The van der Waals surface area contributed by atoms with E-state index in [2.05, 4.69) is 9.89 Å². The monoisotopic (exact) mass is 297 g/mol. The molecule has 0 unspecified atom stereocenters. The number of hydrogen-bond donors (Lipinski definition) is 1. The van der Waals surface area contributed by atoms with Crippen LogP contribution in [0.4, 0.5) is 4.39 Å². The SMILES string of the molecule is CCOc1ccc(CN=C(N)N2CCSCC2)cc1F. The molecule has 20 heavy (non-hydrogen) atoms. The van der Waals surface area contributed by atoms with Crippen LogP contribution in [0.15, 0.2) is 23.2 Å². The lowest BCUT2D eigenvalue weighted by Gasteiger charge is -2.27. The lowest BCUT2D eigenvalue weighted by molar-refractivity contribution is 0.321. The van der Waals surface area contributed by atoms with Gasteiger partial charge in [0.15, 0.2) is 17.5 Å². The van der Waals surface area contributed by atoms with Crippen molar-refractivity contribution in [2.75, 3.05) is 31.2 Å². The van der Waals surface area contributed by atoms with Gasteiger partial charge in [0.2, 0.25) is 0 Å². The van der Waals surface area contributed by atoms with Gasteiger partial charge in [0.25, 0.3) is 0 Å². The highest BCUT2D eigenvalue weighted by molar-refractivity contribution is 7.99. The van der Waals surface area contributed by atoms with Crippen molar-refractivity contribution in [1.29, 1.82) is 0 Å². The maximum Gasteiger partial charge on any atom is 0.191 e. The molecule has 1 heterocycles. The first kappa shape index (κ1) is 15.0. The summed E-state index contributed by atoms with van der Waals surface area (Å²) >= 11 is 1.92. The van der Waals surface area contributed by atoms with Gasteiger partial charge in [-0.25, -0.2) is 9.38 Å². The lowest BCUT2D eigenvalue weighted by Crippen LogP contribution is -2.42. The fourth-order valence-corrected chi connectivity index (χ4v) is 2.88. The van der Waals surface area contributed by atoms with Crippen LogP contribution >= 0.6 is 11.8 Å². The zero-order valence-electron chi connectivity index (χ0n) is 11.6. The molecule has 1 saturated heterocycles. The number of guanidine groups is 1. The first-order valence-corrected chi connectivity index (χ1v) is 7.90. The van der Waals surface area contributed by atoms with Gasteiger partial charge < -0.3 is 15.4 Å². The number of hydrogen-bond acceptors (Lipinski definition) is 3. The molecule has 1 fully saturated rings. The number of ether oxygens (including phenoxy) is 1. The van der Waals surface area contributed by atoms with Crippen molar-refractivity contribution in [1.82, 2.24) is 4.90 Å². The number of thioether (sulfide) groups is 1. The predicted octanol–water partition coefficient (Wildman–Crippen LogP) is 2.09. The summed E-state index contributed by atoms with van der Waals surface area (Å²) in [6, 6.07) is 4.90. The van der Waals surface area contributed by atoms with E-state index < -0.39 is 0 Å². The summed E-state index contributed by atoms with van der Waals surface area (Å²) in [5.74, 6) is 2.62. The summed E-state index contributed by atoms with van der Waals surface area (Å²) in [6.45, 7) is 4.53. The molecule has 0 aromatic heterocycles. The molecule has 0 atom stereocenters. The fourth-order valence-electron chi connectivity index (χ4n) is 1.98. The molecule has 0 spiro atoms. The van der Waals surface area contributed by atoms with Crippen LogP contribution in [0.5, 0.6) is 5.75 Å². The van der Waals surface area contributed by atoms with Crippen LogP contribution in [-0.2, 0) is 6.54 Å². The second-order valence-corrected chi connectivity index (χ2v) is 5.70. The number of aliphatic imine (C=N–C) groups is 1. The second kappa shape index (κ2) is 7.38. The largest absolute Gasteiger partial charge is 0.491 e. The minimum atomic E-state index is -0.354. The van der Waals surface area contributed by atoms with Crippen molar-refractivity contribution in [2.45, 2.75) is 13.5 Å². The summed E-state index contributed by atoms with van der Waals surface area (Å²) in [7, 11) is 0. The average Bonchev–Trinajstić information content (AvgIpc) is 2.48. The van der Waals surface area contributed by atoms with Gasteiger partial charge in [-0.05, 0) is 24.6 Å². The molecule has 0 amide bonds. The third-order valence-electron chi connectivity index (χ3n) is 3.05. The molecule has 1 aliphatic heterocycles. The van der Waals surface area contributed by atoms with E-state index in [1.54, 1.807) is 6.07 Å². The Morgan fingerprint density at radius 1 is 1.45 bits per heavy atom. The van der Waals surface area contributed by atoms with Crippen LogP contribution in [0.3, 0.4) is 0 Å². The molecule has 0 saturated carbocycles. The number of halogens is 1. The van der Waals surface area contributed by atoms with Crippen LogP contribution in [0.2, 0.25) is 0 Å². The standard InChI is InChI=1S/C14H20FN3OS/c1-2-19-13-4-3-11(9-12(13)15)10-17-14(16)18-5-7-20-8-6-18/h3-4,9H,2,5-8,10H2,1H3,(H2,16,17). The first-order chi connectivity index (χ1) is 9.70. The topological polar surface area (TPSA) is 50.9 Å². The van der Waals surface area contributed by atoms with Gasteiger partial charge in [0.1, 0.15) is 0 Å². The summed E-state index contributed by atoms with van der Waals surface area (Å²) in [6.07, 6.45) is 0. The minimum absolute atomic E-state index is 0.279. The van der Waals surface area contributed by atoms with Gasteiger partial charge in [0, 0.05) is 24.6 Å². The van der Waals surface area contributed by atoms with Crippen molar-refractivity contribution in [2.24, 2.45) is 10.7 Å². The van der Waals surface area contributed by atoms with Crippen molar-refractivity contribution < 1.29 is 9.13 Å². The molecule has 4 nitrogen and oxygen atoms in total. The Morgan fingerprint density at radius 3 is 2.85 bits per heavy atom. The lowest BCUT2D eigenvalue weighted by atomic mass is 10.2. The van der Waals surface area contributed by atoms with E-state index in [0.717, 1.165) is 30.2 Å². The summed E-state index contributed by atoms with van der Waals surface area (Å²) in [5.41, 5.74) is 6.75. The molecule has 0 bridgehead atoms. The van der Waals surface area contributed by atoms with Crippen molar-refractivity contribution in [3.63, 3.8) is 0 Å². The van der Waals surface area contributed by atoms with Crippen LogP contribution in [-0.4, -0.2) is 42.1 Å². The highest BCUT2D eigenvalue weighted by Gasteiger charge is 2.12. The quantitative estimate of drug-likeness (QED) is 0.683. The third kappa shape index (κ3) is 4.03. The van der Waals surface area contributed by atoms with Crippen molar-refractivity contribution in [3.05, 3.63) is 29.6 Å². The highest BCUT2D eigenvalue weighted by Crippen LogP contribution is 2.18. The molecule has 1 aromatic carbocycles. The molecule has 110 valence electrons. The van der Waals surface area contributed by atoms with E-state index in [9.17, 15) is 4.39 Å². The number of nitrogens with two attached hydrogens (primary N) is 1. The van der Waals surface area contributed by atoms with Crippen LogP contribution < -0.4 is 10.5 Å². The van der Waals surface area contributed by atoms with Crippen LogP contribution in [0.1, 0.15) is 12.5 Å². The van der Waals surface area contributed by atoms with E-state index >= 15 is 0 Å². The van der Waals surface area contributed by atoms with Gasteiger partial charge in [-0.15, -0.1) is 0 Å². The molecule has 2 N–H and O–H groups in total. The summed E-state index contributed by atoms with van der Waals surface area (Å²) in [5, 5.41) is 0. The normalized spacial score (nSPS) is 16.3. The molecule has 1 aromatic rings. The van der Waals surface area contributed by atoms with Gasteiger partial charge in [-0.1, -0.05) is 6.07 Å². The maximum absolute atomic E-state index is 13.7. The highest BCUT2D eigenvalue weighted by atomic mass is 32.2. The molecular weight excluding hydrogens is 277 g/mol. The van der Waals surface area contributed by atoms with E-state index in [4.69, 9.17) is 10.5 Å². The maximum atomic E-state index is 13.7. The molecule has 0 radical (unpaired) electrons. The van der Waals surface area contributed by atoms with E-state index in [1.807, 2.05) is 24.8 Å². The van der Waals surface area contributed by atoms with Gasteiger partial charge in [0.05, 0.1) is 13.2 Å². The van der Waals surface area contributed by atoms with E-state index in [-0.39, 0.29) is 11.6 Å². The van der Waals surface area contributed by atoms with Gasteiger partial charge in [-0.2, -0.15) is 11.8 Å². The minimum Gasteiger partial charge on any atom is -0.491 e. The van der Waals surface area contributed by atoms with E-state index in [0.29, 0.717) is 19.1 Å². The third-order valence-corrected chi connectivity index (χ3v) is 4.00. The molecule has 2 rings (SSSR count). The van der Waals surface area contributed by atoms with E-state index in [1.165, 1.54) is 6.07 Å². The molecule has 1 aliphatic rings. The smallest absolute Gasteiger partial charge is 0.191 e. The zero-order valence-corrected chi connectivity index (χ0v) is 12.5. The van der Waals surface area contributed by atoms with Crippen molar-refractivity contribution >= 4 is 17.7 Å². The first-order valence-electron chi connectivity index (χ1n) is 6.74.